The van der Waals surface area contributed by atoms with Crippen molar-refractivity contribution in [3.05, 3.63) is 0 Å². The van der Waals surface area contributed by atoms with Crippen molar-refractivity contribution in [2.45, 2.75) is 103 Å². The summed E-state index contributed by atoms with van der Waals surface area (Å²) >= 11 is 0. The number of hydrogen-bond donors (Lipinski definition) is 0. The molecule has 112 valence electrons. The zero-order valence-electron chi connectivity index (χ0n) is 12.8. The number of esters is 1. The van der Waals surface area contributed by atoms with Crippen molar-refractivity contribution in [1.29, 1.82) is 0 Å². The summed E-state index contributed by atoms with van der Waals surface area (Å²) in [5.74, 6) is 0.0170. The van der Waals surface area contributed by atoms with E-state index in [1.165, 1.54) is 64.2 Å². The molecular weight excluding hydrogens is 236 g/mol. The van der Waals surface area contributed by atoms with Gasteiger partial charge in [0.1, 0.15) is 6.10 Å². The third-order valence-corrected chi connectivity index (χ3v) is 4.08. The molecule has 0 aliphatic carbocycles. The van der Waals surface area contributed by atoms with Crippen molar-refractivity contribution in [3.63, 3.8) is 0 Å². The molecule has 1 heterocycles. The summed E-state index contributed by atoms with van der Waals surface area (Å²) < 4.78 is 5.33. The Balaban J connectivity index is 1.79. The smallest absolute Gasteiger partial charge is 0.306 e. The fourth-order valence-electron chi connectivity index (χ4n) is 2.84. The zero-order chi connectivity index (χ0) is 13.8. The van der Waals surface area contributed by atoms with E-state index >= 15 is 0 Å². The topological polar surface area (TPSA) is 26.3 Å². The molecule has 0 bridgehead atoms. The molecule has 0 aromatic rings. The van der Waals surface area contributed by atoms with Crippen LogP contribution in [0.4, 0.5) is 0 Å². The third kappa shape index (κ3) is 9.07. The predicted octanol–water partition coefficient (Wildman–Crippen LogP) is 5.39. The maximum atomic E-state index is 11.1. The van der Waals surface area contributed by atoms with Crippen molar-refractivity contribution < 1.29 is 9.53 Å². The third-order valence-electron chi connectivity index (χ3n) is 4.08. The largest absolute Gasteiger partial charge is 0.462 e. The molecule has 0 N–H and O–H groups in total. The van der Waals surface area contributed by atoms with Crippen LogP contribution in [0, 0.1) is 0 Å². The highest BCUT2D eigenvalue weighted by Gasteiger charge is 2.19. The summed E-state index contributed by atoms with van der Waals surface area (Å²) in [6, 6.07) is 0. The van der Waals surface area contributed by atoms with Gasteiger partial charge in [0.15, 0.2) is 0 Å². The monoisotopic (exact) mass is 268 g/mol. The Bertz CT molecular complexity index is 225. The summed E-state index contributed by atoms with van der Waals surface area (Å²) in [4.78, 5) is 11.1. The predicted molar refractivity (Wildman–Crippen MR) is 80.2 cm³/mol. The molecule has 0 aromatic heterocycles. The molecule has 2 heteroatoms. The van der Waals surface area contributed by atoms with Gasteiger partial charge in [-0.05, 0) is 25.7 Å². The van der Waals surface area contributed by atoms with Gasteiger partial charge in [-0.1, -0.05) is 64.7 Å². The summed E-state index contributed by atoms with van der Waals surface area (Å²) in [5, 5.41) is 0. The Morgan fingerprint density at radius 2 is 1.53 bits per heavy atom. The quantitative estimate of drug-likeness (QED) is 0.371. The Morgan fingerprint density at radius 1 is 0.947 bits per heavy atom. The molecule has 1 rings (SSSR count). The summed E-state index contributed by atoms with van der Waals surface area (Å²) in [7, 11) is 0. The highest BCUT2D eigenvalue weighted by Crippen LogP contribution is 2.20. The number of hydrogen-bond acceptors (Lipinski definition) is 2. The normalized spacial score (nSPS) is 19.4. The van der Waals surface area contributed by atoms with E-state index in [4.69, 9.17) is 4.74 Å². The van der Waals surface area contributed by atoms with Gasteiger partial charge in [0.25, 0.3) is 0 Å². The van der Waals surface area contributed by atoms with Gasteiger partial charge >= 0.3 is 5.97 Å². The first-order valence-electron chi connectivity index (χ1n) is 8.52. The molecular formula is C17H32O2. The lowest BCUT2D eigenvalue weighted by Gasteiger charge is -2.21. The van der Waals surface area contributed by atoms with Gasteiger partial charge in [-0.2, -0.15) is 0 Å². The van der Waals surface area contributed by atoms with Crippen LogP contribution in [-0.2, 0) is 9.53 Å². The lowest BCUT2D eigenvalue weighted by atomic mass is 10.0. The van der Waals surface area contributed by atoms with Crippen molar-refractivity contribution in [2.24, 2.45) is 0 Å². The summed E-state index contributed by atoms with van der Waals surface area (Å²) in [6.07, 6.45) is 17.8. The molecule has 1 aliphatic rings. The molecule has 19 heavy (non-hydrogen) atoms. The van der Waals surface area contributed by atoms with E-state index in [-0.39, 0.29) is 12.1 Å². The van der Waals surface area contributed by atoms with Gasteiger partial charge in [-0.25, -0.2) is 0 Å². The van der Waals surface area contributed by atoms with Crippen LogP contribution in [0.3, 0.4) is 0 Å². The molecule has 0 amide bonds. The second kappa shape index (κ2) is 11.3. The van der Waals surface area contributed by atoms with Gasteiger partial charge in [0.05, 0.1) is 0 Å². The van der Waals surface area contributed by atoms with Gasteiger partial charge < -0.3 is 4.74 Å². The lowest BCUT2D eigenvalue weighted by Crippen LogP contribution is -2.23. The van der Waals surface area contributed by atoms with Crippen LogP contribution in [0.2, 0.25) is 0 Å². The van der Waals surface area contributed by atoms with Crippen molar-refractivity contribution in [2.75, 3.05) is 0 Å². The Labute approximate surface area is 119 Å². The van der Waals surface area contributed by atoms with E-state index in [0.717, 1.165) is 19.3 Å². The Morgan fingerprint density at radius 3 is 2.11 bits per heavy atom. The maximum absolute atomic E-state index is 11.1. The van der Waals surface area contributed by atoms with Crippen LogP contribution >= 0.6 is 0 Å². The fraction of sp³-hybridized carbons (Fsp3) is 0.941. The first kappa shape index (κ1) is 16.5. The molecule has 1 atom stereocenters. The molecule has 1 saturated heterocycles. The standard InChI is InChI=1S/C17H32O2/c1-2-3-4-5-6-7-8-9-10-11-13-16-14-12-15-17(18)19-16/h16H,2-15H2,1H3/t16-/m1/s1. The van der Waals surface area contributed by atoms with Crippen LogP contribution in [-0.4, -0.2) is 12.1 Å². The molecule has 1 aliphatic heterocycles. The highest BCUT2D eigenvalue weighted by molar-refractivity contribution is 5.70. The van der Waals surface area contributed by atoms with Gasteiger partial charge in [-0.15, -0.1) is 0 Å². The van der Waals surface area contributed by atoms with Gasteiger partial charge in [-0.3, -0.25) is 4.79 Å². The number of ether oxygens (including phenoxy) is 1. The zero-order valence-corrected chi connectivity index (χ0v) is 12.8. The molecule has 0 aromatic carbocycles. The minimum Gasteiger partial charge on any atom is -0.462 e. The highest BCUT2D eigenvalue weighted by atomic mass is 16.5. The molecule has 0 saturated carbocycles. The first-order chi connectivity index (χ1) is 9.33. The second-order valence-corrected chi connectivity index (χ2v) is 5.97. The first-order valence-corrected chi connectivity index (χ1v) is 8.52. The van der Waals surface area contributed by atoms with Gasteiger partial charge in [0, 0.05) is 6.42 Å². The number of cyclic esters (lactones) is 1. The molecule has 0 unspecified atom stereocenters. The summed E-state index contributed by atoms with van der Waals surface area (Å²) in [6.45, 7) is 2.27. The van der Waals surface area contributed by atoms with Crippen LogP contribution < -0.4 is 0 Å². The van der Waals surface area contributed by atoms with Crippen molar-refractivity contribution >= 4 is 5.97 Å². The van der Waals surface area contributed by atoms with E-state index in [1.807, 2.05) is 0 Å². The fourth-order valence-corrected chi connectivity index (χ4v) is 2.84. The van der Waals surface area contributed by atoms with E-state index in [0.29, 0.717) is 6.42 Å². The molecule has 0 radical (unpaired) electrons. The minimum absolute atomic E-state index is 0.0170. The maximum Gasteiger partial charge on any atom is 0.306 e. The lowest BCUT2D eigenvalue weighted by molar-refractivity contribution is -0.154. The van der Waals surface area contributed by atoms with Crippen molar-refractivity contribution in [3.8, 4) is 0 Å². The second-order valence-electron chi connectivity index (χ2n) is 5.97. The summed E-state index contributed by atoms with van der Waals surface area (Å²) in [5.41, 5.74) is 0. The average Bonchev–Trinajstić information content (AvgIpc) is 2.41. The number of rotatable bonds is 11. The number of carbonyl (C=O) groups is 1. The van der Waals surface area contributed by atoms with Crippen LogP contribution in [0.25, 0.3) is 0 Å². The molecule has 0 spiro atoms. The average molecular weight is 268 g/mol. The molecule has 1 fully saturated rings. The van der Waals surface area contributed by atoms with Crippen molar-refractivity contribution in [1.82, 2.24) is 0 Å². The van der Waals surface area contributed by atoms with E-state index < -0.39 is 0 Å². The SMILES string of the molecule is CCCCCCCCCCCC[C@@H]1CCCC(=O)O1. The van der Waals surface area contributed by atoms with Gasteiger partial charge in [0.2, 0.25) is 0 Å². The van der Waals surface area contributed by atoms with Crippen LogP contribution in [0.5, 0.6) is 0 Å². The van der Waals surface area contributed by atoms with E-state index in [9.17, 15) is 4.79 Å². The molecule has 2 nitrogen and oxygen atoms in total. The number of carbonyl (C=O) groups excluding carboxylic acids is 1. The van der Waals surface area contributed by atoms with E-state index in [1.54, 1.807) is 0 Å². The minimum atomic E-state index is 0.0170. The van der Waals surface area contributed by atoms with Crippen LogP contribution in [0.15, 0.2) is 0 Å². The van der Waals surface area contributed by atoms with Crippen LogP contribution in [0.1, 0.15) is 96.8 Å². The Hall–Kier alpha value is -0.530. The Kier molecular flexibility index (Phi) is 9.84. The van der Waals surface area contributed by atoms with E-state index in [2.05, 4.69) is 6.92 Å². The number of unbranched alkanes of at least 4 members (excludes halogenated alkanes) is 9.